The second-order valence-electron chi connectivity index (χ2n) is 4.71. The van der Waals surface area contributed by atoms with Crippen LogP contribution in [0.1, 0.15) is 32.6 Å². The van der Waals surface area contributed by atoms with Gasteiger partial charge in [0.15, 0.2) is 0 Å². The molecule has 2 fully saturated rings. The van der Waals surface area contributed by atoms with Crippen molar-refractivity contribution in [2.45, 2.75) is 43.4 Å². The maximum absolute atomic E-state index is 11.9. The van der Waals surface area contributed by atoms with Crippen LogP contribution in [0.25, 0.3) is 0 Å². The fraction of sp³-hybridized carbons (Fsp3) is 0.909. The number of hydrogen-bond donors (Lipinski definition) is 2. The molecule has 0 saturated carbocycles. The molecule has 2 heterocycles. The molecule has 0 aliphatic carbocycles. The molecule has 0 aromatic rings. The molecule has 0 spiro atoms. The van der Waals surface area contributed by atoms with E-state index < -0.39 is 0 Å². The minimum atomic E-state index is -0.302. The lowest BCUT2D eigenvalue weighted by Crippen LogP contribution is -2.52. The SMILES string of the molecule is CC1(C(=O)NCC2CCCS2)CCCN1. The first-order valence-corrected chi connectivity index (χ1v) is 6.90. The summed E-state index contributed by atoms with van der Waals surface area (Å²) in [5, 5.41) is 7.03. The molecule has 0 radical (unpaired) electrons. The lowest BCUT2D eigenvalue weighted by atomic mass is 9.99. The summed E-state index contributed by atoms with van der Waals surface area (Å²) in [7, 11) is 0. The van der Waals surface area contributed by atoms with E-state index in [1.54, 1.807) is 0 Å². The molecule has 2 unspecified atom stereocenters. The fourth-order valence-corrected chi connectivity index (χ4v) is 3.50. The lowest BCUT2D eigenvalue weighted by molar-refractivity contribution is -0.126. The molecule has 2 saturated heterocycles. The zero-order chi connectivity index (χ0) is 10.7. The lowest BCUT2D eigenvalue weighted by Gasteiger charge is -2.23. The van der Waals surface area contributed by atoms with Crippen molar-refractivity contribution in [2.75, 3.05) is 18.8 Å². The van der Waals surface area contributed by atoms with E-state index in [0.29, 0.717) is 5.25 Å². The first kappa shape index (κ1) is 11.3. The summed E-state index contributed by atoms with van der Waals surface area (Å²) in [5.41, 5.74) is -0.302. The second kappa shape index (κ2) is 4.74. The first-order valence-electron chi connectivity index (χ1n) is 5.86. The molecule has 86 valence electrons. The van der Waals surface area contributed by atoms with Crippen LogP contribution in [-0.2, 0) is 4.79 Å². The summed E-state index contributed by atoms with van der Waals surface area (Å²) in [6.45, 7) is 3.83. The molecule has 2 aliphatic heterocycles. The van der Waals surface area contributed by atoms with Crippen molar-refractivity contribution < 1.29 is 4.79 Å². The number of thioether (sulfide) groups is 1. The monoisotopic (exact) mass is 228 g/mol. The molecule has 2 rings (SSSR count). The normalized spacial score (nSPS) is 35.7. The molecule has 0 aromatic carbocycles. The van der Waals surface area contributed by atoms with Crippen molar-refractivity contribution in [1.29, 1.82) is 0 Å². The smallest absolute Gasteiger partial charge is 0.240 e. The third kappa shape index (κ3) is 2.67. The van der Waals surface area contributed by atoms with Gasteiger partial charge in [-0.3, -0.25) is 4.79 Å². The van der Waals surface area contributed by atoms with Gasteiger partial charge < -0.3 is 10.6 Å². The number of nitrogens with one attached hydrogen (secondary N) is 2. The molecule has 2 N–H and O–H groups in total. The highest BCUT2D eigenvalue weighted by Crippen LogP contribution is 2.25. The Morgan fingerprint density at radius 3 is 3.07 bits per heavy atom. The van der Waals surface area contributed by atoms with E-state index in [4.69, 9.17) is 0 Å². The third-order valence-corrected chi connectivity index (χ3v) is 4.78. The van der Waals surface area contributed by atoms with Crippen LogP contribution in [0.4, 0.5) is 0 Å². The predicted molar refractivity (Wildman–Crippen MR) is 64.1 cm³/mol. The average molecular weight is 228 g/mol. The van der Waals surface area contributed by atoms with Crippen molar-refractivity contribution in [3.8, 4) is 0 Å². The van der Waals surface area contributed by atoms with Crippen molar-refractivity contribution in [2.24, 2.45) is 0 Å². The van der Waals surface area contributed by atoms with Crippen LogP contribution in [0.5, 0.6) is 0 Å². The minimum absolute atomic E-state index is 0.188. The average Bonchev–Trinajstić information content (AvgIpc) is 2.85. The standard InChI is InChI=1S/C11H20N2OS/c1-11(5-3-6-13-11)10(14)12-8-9-4-2-7-15-9/h9,13H,2-8H2,1H3,(H,12,14). The summed E-state index contributed by atoms with van der Waals surface area (Å²) >= 11 is 1.99. The number of amides is 1. The molecule has 1 amide bonds. The van der Waals surface area contributed by atoms with Gasteiger partial charge in [-0.05, 0) is 44.9 Å². The van der Waals surface area contributed by atoms with Gasteiger partial charge in [0.2, 0.25) is 5.91 Å². The summed E-state index contributed by atoms with van der Waals surface area (Å²) < 4.78 is 0. The molecule has 15 heavy (non-hydrogen) atoms. The van der Waals surface area contributed by atoms with Crippen molar-refractivity contribution in [1.82, 2.24) is 10.6 Å². The molecule has 4 heteroatoms. The number of hydrogen-bond acceptors (Lipinski definition) is 3. The van der Waals surface area contributed by atoms with Crippen molar-refractivity contribution >= 4 is 17.7 Å². The third-order valence-electron chi connectivity index (χ3n) is 3.38. The van der Waals surface area contributed by atoms with Crippen LogP contribution >= 0.6 is 11.8 Å². The zero-order valence-corrected chi connectivity index (χ0v) is 10.2. The maximum Gasteiger partial charge on any atom is 0.240 e. The Morgan fingerprint density at radius 1 is 1.60 bits per heavy atom. The number of rotatable bonds is 3. The molecule has 3 nitrogen and oxygen atoms in total. The number of carbonyl (C=O) groups excluding carboxylic acids is 1. The minimum Gasteiger partial charge on any atom is -0.353 e. The van der Waals surface area contributed by atoms with Gasteiger partial charge in [-0.25, -0.2) is 0 Å². The predicted octanol–water partition coefficient (Wildman–Crippen LogP) is 1.14. The Morgan fingerprint density at radius 2 is 2.47 bits per heavy atom. The van der Waals surface area contributed by atoms with Gasteiger partial charge in [0.05, 0.1) is 5.54 Å². The van der Waals surface area contributed by atoms with Gasteiger partial charge in [0, 0.05) is 11.8 Å². The van der Waals surface area contributed by atoms with Crippen molar-refractivity contribution in [3.63, 3.8) is 0 Å². The second-order valence-corrected chi connectivity index (χ2v) is 6.12. The topological polar surface area (TPSA) is 41.1 Å². The summed E-state index contributed by atoms with van der Waals surface area (Å²) in [5.74, 6) is 1.45. The van der Waals surface area contributed by atoms with E-state index in [1.807, 2.05) is 18.7 Å². The number of carbonyl (C=O) groups is 1. The van der Waals surface area contributed by atoms with Crippen LogP contribution in [0, 0.1) is 0 Å². The van der Waals surface area contributed by atoms with Gasteiger partial charge in [-0.1, -0.05) is 0 Å². The molecule has 0 bridgehead atoms. The van der Waals surface area contributed by atoms with Gasteiger partial charge in [0.25, 0.3) is 0 Å². The quantitative estimate of drug-likeness (QED) is 0.761. The molecule has 0 aromatic heterocycles. The Hall–Kier alpha value is -0.220. The Kier molecular flexibility index (Phi) is 3.57. The van der Waals surface area contributed by atoms with Gasteiger partial charge in [-0.2, -0.15) is 11.8 Å². The summed E-state index contributed by atoms with van der Waals surface area (Å²) in [6, 6.07) is 0. The molecular weight excluding hydrogens is 208 g/mol. The Bertz CT molecular complexity index is 233. The molecular formula is C11H20N2OS. The Balaban J connectivity index is 1.76. The van der Waals surface area contributed by atoms with Gasteiger partial charge in [0.1, 0.15) is 0 Å². The molecule has 2 atom stereocenters. The highest BCUT2D eigenvalue weighted by Gasteiger charge is 2.35. The van der Waals surface area contributed by atoms with E-state index in [0.717, 1.165) is 25.9 Å². The van der Waals surface area contributed by atoms with E-state index in [1.165, 1.54) is 18.6 Å². The van der Waals surface area contributed by atoms with E-state index in [2.05, 4.69) is 10.6 Å². The van der Waals surface area contributed by atoms with Crippen LogP contribution in [0.3, 0.4) is 0 Å². The van der Waals surface area contributed by atoms with Gasteiger partial charge in [-0.15, -0.1) is 0 Å². The van der Waals surface area contributed by atoms with Crippen LogP contribution in [0.2, 0.25) is 0 Å². The highest BCUT2D eigenvalue weighted by atomic mass is 32.2. The fourth-order valence-electron chi connectivity index (χ4n) is 2.30. The van der Waals surface area contributed by atoms with Crippen LogP contribution in [0.15, 0.2) is 0 Å². The maximum atomic E-state index is 11.9. The van der Waals surface area contributed by atoms with Crippen LogP contribution < -0.4 is 10.6 Å². The van der Waals surface area contributed by atoms with Gasteiger partial charge >= 0.3 is 0 Å². The summed E-state index contributed by atoms with van der Waals surface area (Å²) in [4.78, 5) is 11.9. The zero-order valence-electron chi connectivity index (χ0n) is 9.34. The van der Waals surface area contributed by atoms with E-state index in [-0.39, 0.29) is 11.4 Å². The Labute approximate surface area is 95.8 Å². The first-order chi connectivity index (χ1) is 7.21. The van der Waals surface area contributed by atoms with Crippen molar-refractivity contribution in [3.05, 3.63) is 0 Å². The summed E-state index contributed by atoms with van der Waals surface area (Å²) in [6.07, 6.45) is 4.65. The largest absolute Gasteiger partial charge is 0.353 e. The molecule has 2 aliphatic rings. The van der Waals surface area contributed by atoms with E-state index in [9.17, 15) is 4.79 Å². The highest BCUT2D eigenvalue weighted by molar-refractivity contribution is 8.00. The van der Waals surface area contributed by atoms with Crippen LogP contribution in [-0.4, -0.2) is 35.5 Å². The van der Waals surface area contributed by atoms with E-state index >= 15 is 0 Å².